The third-order valence-corrected chi connectivity index (χ3v) is 3.05. The number of carbonyl (C=O) groups is 1. The van der Waals surface area contributed by atoms with E-state index in [1.54, 1.807) is 13.2 Å². The summed E-state index contributed by atoms with van der Waals surface area (Å²) in [5.41, 5.74) is 1.96. The number of hydrogen-bond donors (Lipinski definition) is 2. The van der Waals surface area contributed by atoms with Crippen LogP contribution in [0.5, 0.6) is 5.75 Å². The molecule has 116 valence electrons. The van der Waals surface area contributed by atoms with Gasteiger partial charge in [-0.1, -0.05) is 25.5 Å². The van der Waals surface area contributed by atoms with Gasteiger partial charge in [0.2, 0.25) is 5.91 Å². The fourth-order valence-electron chi connectivity index (χ4n) is 2.05. The highest BCUT2D eigenvalue weighted by molar-refractivity contribution is 5.92. The van der Waals surface area contributed by atoms with Crippen molar-refractivity contribution in [2.45, 2.75) is 33.3 Å². The van der Waals surface area contributed by atoms with Gasteiger partial charge in [-0.3, -0.25) is 4.79 Å². The van der Waals surface area contributed by atoms with Gasteiger partial charge in [-0.15, -0.1) is 0 Å². The number of rotatable bonds is 7. The van der Waals surface area contributed by atoms with Crippen molar-refractivity contribution in [3.8, 4) is 5.75 Å². The topological polar surface area (TPSA) is 58.6 Å². The molecular weight excluding hydrogens is 266 g/mol. The number of benzene rings is 1. The number of methoxy groups -OCH3 is 1. The van der Waals surface area contributed by atoms with Crippen molar-refractivity contribution in [1.82, 2.24) is 5.32 Å². The van der Waals surface area contributed by atoms with Crippen LogP contribution in [0, 0.1) is 12.8 Å². The lowest BCUT2D eigenvalue weighted by molar-refractivity contribution is -0.116. The molecule has 21 heavy (non-hydrogen) atoms. The van der Waals surface area contributed by atoms with E-state index >= 15 is 0 Å². The lowest BCUT2D eigenvalue weighted by Gasteiger charge is -2.12. The zero-order chi connectivity index (χ0) is 15.8. The normalized spacial score (nSPS) is 12.7. The van der Waals surface area contributed by atoms with Crippen molar-refractivity contribution < 1.29 is 14.6 Å². The summed E-state index contributed by atoms with van der Waals surface area (Å²) in [4.78, 5) is 11.7. The Morgan fingerprint density at radius 1 is 1.43 bits per heavy atom. The second kappa shape index (κ2) is 8.47. The third-order valence-electron chi connectivity index (χ3n) is 3.05. The zero-order valence-corrected chi connectivity index (χ0v) is 13.2. The predicted octanol–water partition coefficient (Wildman–Crippen LogP) is 2.54. The molecule has 0 saturated heterocycles. The molecule has 0 aliphatic heterocycles. The molecule has 1 aromatic rings. The van der Waals surface area contributed by atoms with Crippen LogP contribution >= 0.6 is 0 Å². The zero-order valence-electron chi connectivity index (χ0n) is 13.2. The first-order valence-electron chi connectivity index (χ1n) is 7.21. The number of nitrogens with one attached hydrogen (secondary N) is 1. The summed E-state index contributed by atoms with van der Waals surface area (Å²) in [5.74, 6) is 0.912. The fraction of sp³-hybridized carbons (Fsp3) is 0.471. The summed E-state index contributed by atoms with van der Waals surface area (Å²) in [6.07, 6.45) is 3.35. The van der Waals surface area contributed by atoms with E-state index in [9.17, 15) is 9.90 Å². The van der Waals surface area contributed by atoms with Crippen molar-refractivity contribution in [3.63, 3.8) is 0 Å². The minimum atomic E-state index is -0.504. The van der Waals surface area contributed by atoms with Crippen LogP contribution in [0.4, 0.5) is 0 Å². The van der Waals surface area contributed by atoms with E-state index in [-0.39, 0.29) is 12.5 Å². The third kappa shape index (κ3) is 6.45. The average molecular weight is 291 g/mol. The highest BCUT2D eigenvalue weighted by atomic mass is 16.5. The number of ether oxygens (including phenoxy) is 1. The highest BCUT2D eigenvalue weighted by Gasteiger charge is 2.07. The Morgan fingerprint density at radius 3 is 2.76 bits per heavy atom. The molecule has 0 heterocycles. The summed E-state index contributed by atoms with van der Waals surface area (Å²) in [5, 5.41) is 12.4. The smallest absolute Gasteiger partial charge is 0.244 e. The Bertz CT molecular complexity index is 495. The number of hydrogen-bond acceptors (Lipinski definition) is 3. The number of aryl methyl sites for hydroxylation is 1. The molecule has 1 aromatic carbocycles. The van der Waals surface area contributed by atoms with Gasteiger partial charge in [0, 0.05) is 18.2 Å². The lowest BCUT2D eigenvalue weighted by atomic mass is 10.1. The largest absolute Gasteiger partial charge is 0.496 e. The Labute approximate surface area is 126 Å². The van der Waals surface area contributed by atoms with E-state index in [2.05, 4.69) is 5.32 Å². The van der Waals surface area contributed by atoms with Crippen LogP contribution in [0.2, 0.25) is 0 Å². The molecule has 0 saturated carbocycles. The average Bonchev–Trinajstić information content (AvgIpc) is 2.42. The maximum absolute atomic E-state index is 11.7. The molecule has 4 heteroatoms. The molecule has 0 bridgehead atoms. The molecule has 1 rings (SSSR count). The summed E-state index contributed by atoms with van der Waals surface area (Å²) >= 11 is 0. The van der Waals surface area contributed by atoms with Gasteiger partial charge in [-0.2, -0.15) is 0 Å². The first-order chi connectivity index (χ1) is 9.92. The van der Waals surface area contributed by atoms with Crippen molar-refractivity contribution in [2.75, 3.05) is 13.7 Å². The molecule has 0 aliphatic carbocycles. The van der Waals surface area contributed by atoms with Gasteiger partial charge >= 0.3 is 0 Å². The van der Waals surface area contributed by atoms with Gasteiger partial charge in [0.05, 0.1) is 13.2 Å². The summed E-state index contributed by atoms with van der Waals surface area (Å²) in [6.45, 7) is 6.33. The van der Waals surface area contributed by atoms with Crippen LogP contribution in [0.3, 0.4) is 0 Å². The predicted molar refractivity (Wildman–Crippen MR) is 85.2 cm³/mol. The summed E-state index contributed by atoms with van der Waals surface area (Å²) in [6, 6.07) is 5.79. The Balaban J connectivity index is 2.56. The SMILES string of the molecule is COc1ccc(C)cc1/C=C/C(=O)NCC(O)CC(C)C. The van der Waals surface area contributed by atoms with Crippen LogP contribution in [-0.4, -0.2) is 30.8 Å². The van der Waals surface area contributed by atoms with E-state index in [0.29, 0.717) is 12.3 Å². The highest BCUT2D eigenvalue weighted by Crippen LogP contribution is 2.20. The number of carbonyl (C=O) groups excluding carboxylic acids is 1. The minimum absolute atomic E-state index is 0.221. The number of aliphatic hydroxyl groups excluding tert-OH is 1. The minimum Gasteiger partial charge on any atom is -0.496 e. The van der Waals surface area contributed by atoms with Crippen LogP contribution in [0.15, 0.2) is 24.3 Å². The van der Waals surface area contributed by atoms with Gasteiger partial charge in [0.15, 0.2) is 0 Å². The van der Waals surface area contributed by atoms with Crippen LogP contribution in [0.1, 0.15) is 31.4 Å². The van der Waals surface area contributed by atoms with Crippen LogP contribution < -0.4 is 10.1 Å². The molecule has 4 nitrogen and oxygen atoms in total. The van der Waals surface area contributed by atoms with E-state index in [1.807, 2.05) is 39.0 Å². The molecule has 1 unspecified atom stereocenters. The van der Waals surface area contributed by atoms with Crippen molar-refractivity contribution in [1.29, 1.82) is 0 Å². The van der Waals surface area contributed by atoms with Gasteiger partial charge in [-0.05, 0) is 37.5 Å². The van der Waals surface area contributed by atoms with Crippen molar-refractivity contribution in [3.05, 3.63) is 35.4 Å². The first-order valence-corrected chi connectivity index (χ1v) is 7.21. The fourth-order valence-corrected chi connectivity index (χ4v) is 2.05. The Kier molecular flexibility index (Phi) is 6.96. The summed E-state index contributed by atoms with van der Waals surface area (Å²) < 4.78 is 5.25. The molecular formula is C17H25NO3. The van der Waals surface area contributed by atoms with Crippen molar-refractivity contribution >= 4 is 12.0 Å². The Hall–Kier alpha value is -1.81. The molecule has 0 aliphatic rings. The molecule has 0 spiro atoms. The molecule has 0 aromatic heterocycles. The molecule has 0 radical (unpaired) electrons. The molecule has 1 atom stereocenters. The first kappa shape index (κ1) is 17.2. The van der Waals surface area contributed by atoms with Crippen molar-refractivity contribution in [2.24, 2.45) is 5.92 Å². The molecule has 2 N–H and O–H groups in total. The van der Waals surface area contributed by atoms with Crippen LogP contribution in [0.25, 0.3) is 6.08 Å². The van der Waals surface area contributed by atoms with Crippen LogP contribution in [-0.2, 0) is 4.79 Å². The number of aliphatic hydroxyl groups is 1. The molecule has 0 fully saturated rings. The maximum Gasteiger partial charge on any atom is 0.244 e. The van der Waals surface area contributed by atoms with Gasteiger partial charge < -0.3 is 15.2 Å². The van der Waals surface area contributed by atoms with Gasteiger partial charge in [-0.25, -0.2) is 0 Å². The lowest BCUT2D eigenvalue weighted by Crippen LogP contribution is -2.31. The standard InChI is InChI=1S/C17H25NO3/c1-12(2)9-15(19)11-18-17(20)8-6-14-10-13(3)5-7-16(14)21-4/h5-8,10,12,15,19H,9,11H2,1-4H3,(H,18,20)/b8-6+. The van der Waals surface area contributed by atoms with E-state index < -0.39 is 6.10 Å². The Morgan fingerprint density at radius 2 is 2.14 bits per heavy atom. The second-order valence-corrected chi connectivity index (χ2v) is 5.61. The monoisotopic (exact) mass is 291 g/mol. The number of amides is 1. The van der Waals surface area contributed by atoms with E-state index in [4.69, 9.17) is 4.74 Å². The molecule has 1 amide bonds. The quantitative estimate of drug-likeness (QED) is 0.759. The maximum atomic E-state index is 11.7. The van der Waals surface area contributed by atoms with E-state index in [1.165, 1.54) is 6.08 Å². The van der Waals surface area contributed by atoms with Gasteiger partial charge in [0.25, 0.3) is 0 Å². The van der Waals surface area contributed by atoms with Gasteiger partial charge in [0.1, 0.15) is 5.75 Å². The second-order valence-electron chi connectivity index (χ2n) is 5.61. The summed E-state index contributed by atoms with van der Waals surface area (Å²) in [7, 11) is 1.60. The van der Waals surface area contributed by atoms with E-state index in [0.717, 1.165) is 16.9 Å².